The molecule has 0 aromatic carbocycles. The molecule has 1 aromatic rings. The molecule has 0 saturated carbocycles. The minimum atomic E-state index is 0. The fourth-order valence-corrected chi connectivity index (χ4v) is 1.60. The summed E-state index contributed by atoms with van der Waals surface area (Å²) in [5.41, 5.74) is 0.0166. The normalized spacial score (nSPS) is 11.9. The number of hydrogen-bond donors (Lipinski definition) is 2. The summed E-state index contributed by atoms with van der Waals surface area (Å²) in [6, 6.07) is 3.91. The topological polar surface area (TPSA) is 49.6 Å². The Bertz CT molecular complexity index is 369. The van der Waals surface area contributed by atoms with Crippen LogP contribution in [0.2, 0.25) is 0 Å². The minimum Gasteiger partial charge on any atom is -0.469 e. The number of aliphatic imine (C=N–C) groups is 1. The van der Waals surface area contributed by atoms with Gasteiger partial charge in [0.25, 0.3) is 0 Å². The number of furan rings is 1. The van der Waals surface area contributed by atoms with Gasteiger partial charge in [0.05, 0.1) is 6.26 Å². The van der Waals surface area contributed by atoms with Gasteiger partial charge < -0.3 is 15.1 Å². The van der Waals surface area contributed by atoms with Crippen molar-refractivity contribution in [3.8, 4) is 0 Å². The van der Waals surface area contributed by atoms with Crippen molar-refractivity contribution in [1.29, 1.82) is 0 Å². The van der Waals surface area contributed by atoms with Crippen LogP contribution < -0.4 is 10.6 Å². The van der Waals surface area contributed by atoms with Crippen LogP contribution in [0.4, 0.5) is 0 Å². The Morgan fingerprint density at radius 3 is 2.65 bits per heavy atom. The minimum absolute atomic E-state index is 0. The average Bonchev–Trinajstić information content (AvgIpc) is 2.80. The highest BCUT2D eigenvalue weighted by molar-refractivity contribution is 14.0. The first-order valence-corrected chi connectivity index (χ1v) is 7.10. The van der Waals surface area contributed by atoms with Gasteiger partial charge in [0.2, 0.25) is 0 Å². The Labute approximate surface area is 139 Å². The Kier molecular flexibility index (Phi) is 9.71. The van der Waals surface area contributed by atoms with Crippen LogP contribution in [0.15, 0.2) is 27.8 Å². The molecule has 0 aliphatic heterocycles. The third-order valence-corrected chi connectivity index (χ3v) is 2.52. The fourth-order valence-electron chi connectivity index (χ4n) is 1.60. The lowest BCUT2D eigenvalue weighted by Crippen LogP contribution is -2.48. The maximum atomic E-state index is 5.31. The molecular formula is C15H28IN3O. The zero-order valence-corrected chi connectivity index (χ0v) is 15.4. The molecule has 1 rings (SSSR count). The molecule has 0 amide bonds. The van der Waals surface area contributed by atoms with Gasteiger partial charge in [-0.1, -0.05) is 13.3 Å². The summed E-state index contributed by atoms with van der Waals surface area (Å²) in [5, 5.41) is 6.76. The number of rotatable bonds is 6. The lowest BCUT2D eigenvalue weighted by molar-refractivity contribution is 0.491. The van der Waals surface area contributed by atoms with Gasteiger partial charge in [-0.15, -0.1) is 24.0 Å². The SMILES string of the molecule is CCCCN=C(NCCc1ccco1)NC(C)(C)C.I. The molecule has 116 valence electrons. The Hall–Kier alpha value is -0.720. The number of unbranched alkanes of at least 4 members (excludes halogenated alkanes) is 1. The number of halogens is 1. The summed E-state index contributed by atoms with van der Waals surface area (Å²) < 4.78 is 5.31. The van der Waals surface area contributed by atoms with Crippen molar-refractivity contribution in [2.24, 2.45) is 4.99 Å². The van der Waals surface area contributed by atoms with Gasteiger partial charge in [-0.05, 0) is 39.3 Å². The van der Waals surface area contributed by atoms with E-state index in [1.807, 2.05) is 12.1 Å². The molecule has 0 saturated heterocycles. The molecule has 0 aliphatic rings. The van der Waals surface area contributed by atoms with Crippen LogP contribution in [-0.2, 0) is 6.42 Å². The van der Waals surface area contributed by atoms with Crippen LogP contribution in [0, 0.1) is 0 Å². The summed E-state index contributed by atoms with van der Waals surface area (Å²) in [6.45, 7) is 10.3. The predicted octanol–water partition coefficient (Wildman–Crippen LogP) is 3.57. The first-order valence-electron chi connectivity index (χ1n) is 7.10. The third kappa shape index (κ3) is 9.23. The van der Waals surface area contributed by atoms with Crippen molar-refractivity contribution in [1.82, 2.24) is 10.6 Å². The highest BCUT2D eigenvalue weighted by Crippen LogP contribution is 2.01. The molecule has 0 unspecified atom stereocenters. The van der Waals surface area contributed by atoms with Crippen LogP contribution in [0.3, 0.4) is 0 Å². The van der Waals surface area contributed by atoms with E-state index in [2.05, 4.69) is 43.3 Å². The highest BCUT2D eigenvalue weighted by Gasteiger charge is 2.11. The van der Waals surface area contributed by atoms with Gasteiger partial charge in [-0.25, -0.2) is 0 Å². The second kappa shape index (κ2) is 10.1. The Balaban J connectivity index is 0.00000361. The van der Waals surface area contributed by atoms with Crippen LogP contribution in [0.25, 0.3) is 0 Å². The number of guanidine groups is 1. The molecule has 0 spiro atoms. The lowest BCUT2D eigenvalue weighted by Gasteiger charge is -2.24. The molecule has 4 nitrogen and oxygen atoms in total. The van der Waals surface area contributed by atoms with Crippen LogP contribution >= 0.6 is 24.0 Å². The summed E-state index contributed by atoms with van der Waals surface area (Å²) in [5.74, 6) is 1.88. The standard InChI is InChI=1S/C15H27N3O.HI/c1-5-6-10-16-14(18-15(2,3)4)17-11-9-13-8-7-12-19-13;/h7-8,12H,5-6,9-11H2,1-4H3,(H2,16,17,18);1H. The van der Waals surface area contributed by atoms with Crippen molar-refractivity contribution in [2.45, 2.75) is 52.5 Å². The smallest absolute Gasteiger partial charge is 0.191 e. The third-order valence-electron chi connectivity index (χ3n) is 2.52. The molecule has 0 bridgehead atoms. The van der Waals surface area contributed by atoms with Gasteiger partial charge >= 0.3 is 0 Å². The zero-order valence-electron chi connectivity index (χ0n) is 13.0. The molecule has 2 N–H and O–H groups in total. The van der Waals surface area contributed by atoms with E-state index in [0.717, 1.165) is 37.7 Å². The quantitative estimate of drug-likeness (QED) is 0.336. The number of nitrogens with one attached hydrogen (secondary N) is 2. The van der Waals surface area contributed by atoms with E-state index in [0.29, 0.717) is 0 Å². The van der Waals surface area contributed by atoms with Gasteiger partial charge in [-0.3, -0.25) is 4.99 Å². The monoisotopic (exact) mass is 393 g/mol. The van der Waals surface area contributed by atoms with E-state index < -0.39 is 0 Å². The second-order valence-corrected chi connectivity index (χ2v) is 5.72. The van der Waals surface area contributed by atoms with Crippen LogP contribution in [-0.4, -0.2) is 24.6 Å². The Morgan fingerprint density at radius 2 is 2.10 bits per heavy atom. The van der Waals surface area contributed by atoms with Gasteiger partial charge in [0.1, 0.15) is 5.76 Å². The summed E-state index contributed by atoms with van der Waals surface area (Å²) in [6.07, 6.45) is 4.86. The van der Waals surface area contributed by atoms with Crippen LogP contribution in [0.1, 0.15) is 46.3 Å². The zero-order chi connectivity index (χ0) is 14.1. The van der Waals surface area contributed by atoms with Gasteiger partial charge in [-0.2, -0.15) is 0 Å². The number of hydrogen-bond acceptors (Lipinski definition) is 2. The first-order chi connectivity index (χ1) is 9.01. The van der Waals surface area contributed by atoms with Gasteiger partial charge in [0, 0.05) is 25.0 Å². The highest BCUT2D eigenvalue weighted by atomic mass is 127. The molecule has 0 radical (unpaired) electrons. The Morgan fingerprint density at radius 1 is 1.35 bits per heavy atom. The van der Waals surface area contributed by atoms with Crippen molar-refractivity contribution in [3.63, 3.8) is 0 Å². The van der Waals surface area contributed by atoms with Crippen molar-refractivity contribution < 1.29 is 4.42 Å². The fraction of sp³-hybridized carbons (Fsp3) is 0.667. The van der Waals surface area contributed by atoms with Crippen molar-refractivity contribution >= 4 is 29.9 Å². The van der Waals surface area contributed by atoms with Gasteiger partial charge in [0.15, 0.2) is 5.96 Å². The molecule has 0 aliphatic carbocycles. The van der Waals surface area contributed by atoms with E-state index >= 15 is 0 Å². The molecular weight excluding hydrogens is 365 g/mol. The maximum absolute atomic E-state index is 5.31. The molecule has 0 atom stereocenters. The second-order valence-electron chi connectivity index (χ2n) is 5.72. The van der Waals surface area contributed by atoms with E-state index in [1.54, 1.807) is 6.26 Å². The lowest BCUT2D eigenvalue weighted by atomic mass is 10.1. The first kappa shape index (κ1) is 19.3. The summed E-state index contributed by atoms with van der Waals surface area (Å²) in [7, 11) is 0. The summed E-state index contributed by atoms with van der Waals surface area (Å²) in [4.78, 5) is 4.58. The molecule has 20 heavy (non-hydrogen) atoms. The van der Waals surface area contributed by atoms with E-state index in [4.69, 9.17) is 4.42 Å². The predicted molar refractivity (Wildman–Crippen MR) is 95.9 cm³/mol. The molecule has 0 fully saturated rings. The van der Waals surface area contributed by atoms with E-state index in [1.165, 1.54) is 6.42 Å². The average molecular weight is 393 g/mol. The molecule has 1 aromatic heterocycles. The summed E-state index contributed by atoms with van der Waals surface area (Å²) >= 11 is 0. The van der Waals surface area contributed by atoms with Crippen molar-refractivity contribution in [2.75, 3.05) is 13.1 Å². The van der Waals surface area contributed by atoms with Crippen LogP contribution in [0.5, 0.6) is 0 Å². The number of nitrogens with zero attached hydrogens (tertiary/aromatic N) is 1. The van der Waals surface area contributed by atoms with Crippen molar-refractivity contribution in [3.05, 3.63) is 24.2 Å². The largest absolute Gasteiger partial charge is 0.469 e. The maximum Gasteiger partial charge on any atom is 0.191 e. The molecule has 1 heterocycles. The molecule has 5 heteroatoms. The van der Waals surface area contributed by atoms with E-state index in [-0.39, 0.29) is 29.5 Å². The van der Waals surface area contributed by atoms with E-state index in [9.17, 15) is 0 Å².